The smallest absolute Gasteiger partial charge is 0.407 e. The molecule has 1 aromatic rings. The summed E-state index contributed by atoms with van der Waals surface area (Å²) in [4.78, 5) is 20.5. The SMILES string of the molecule is CN(Cc1c(F)cc([N+](=O)[O-])cc1F)C(=O)O. The Kier molecular flexibility index (Phi) is 3.56. The van der Waals surface area contributed by atoms with Crippen molar-refractivity contribution in [3.63, 3.8) is 0 Å². The van der Waals surface area contributed by atoms with Crippen LogP contribution >= 0.6 is 0 Å². The number of benzene rings is 1. The molecule has 0 saturated carbocycles. The Morgan fingerprint density at radius 2 is 1.94 bits per heavy atom. The molecule has 0 radical (unpaired) electrons. The van der Waals surface area contributed by atoms with Crippen LogP contribution in [-0.2, 0) is 6.54 Å². The summed E-state index contributed by atoms with van der Waals surface area (Å²) in [6, 6.07) is 1.10. The van der Waals surface area contributed by atoms with Crippen molar-refractivity contribution in [3.8, 4) is 0 Å². The molecule has 0 atom stereocenters. The number of carboxylic acid groups (broad SMARTS) is 1. The summed E-state index contributed by atoms with van der Waals surface area (Å²) in [5.74, 6) is -2.30. The van der Waals surface area contributed by atoms with Gasteiger partial charge in [0.1, 0.15) is 11.6 Å². The average Bonchev–Trinajstić information content (AvgIpc) is 2.22. The van der Waals surface area contributed by atoms with E-state index in [0.717, 1.165) is 7.05 Å². The van der Waals surface area contributed by atoms with Gasteiger partial charge in [0, 0.05) is 12.6 Å². The molecule has 0 aliphatic heterocycles. The van der Waals surface area contributed by atoms with E-state index in [9.17, 15) is 23.7 Å². The molecule has 0 unspecified atom stereocenters. The molecular weight excluding hydrogens is 238 g/mol. The fourth-order valence-corrected chi connectivity index (χ4v) is 1.15. The molecule has 8 heteroatoms. The molecule has 1 amide bonds. The molecule has 0 heterocycles. The van der Waals surface area contributed by atoms with Gasteiger partial charge in [-0.1, -0.05) is 0 Å². The van der Waals surface area contributed by atoms with Crippen molar-refractivity contribution in [2.45, 2.75) is 6.54 Å². The van der Waals surface area contributed by atoms with Gasteiger partial charge < -0.3 is 10.0 Å². The fourth-order valence-electron chi connectivity index (χ4n) is 1.15. The van der Waals surface area contributed by atoms with Crippen LogP contribution in [0.5, 0.6) is 0 Å². The molecule has 0 spiro atoms. The van der Waals surface area contributed by atoms with Crippen molar-refractivity contribution in [2.75, 3.05) is 7.05 Å². The topological polar surface area (TPSA) is 83.7 Å². The van der Waals surface area contributed by atoms with Gasteiger partial charge in [0.05, 0.1) is 23.6 Å². The van der Waals surface area contributed by atoms with E-state index in [1.54, 1.807) is 0 Å². The summed E-state index contributed by atoms with van der Waals surface area (Å²) < 4.78 is 26.7. The predicted molar refractivity (Wildman–Crippen MR) is 52.5 cm³/mol. The number of rotatable bonds is 3. The third-order valence-electron chi connectivity index (χ3n) is 2.06. The van der Waals surface area contributed by atoms with Gasteiger partial charge in [0.15, 0.2) is 0 Å². The third-order valence-corrected chi connectivity index (χ3v) is 2.06. The van der Waals surface area contributed by atoms with Gasteiger partial charge in [-0.15, -0.1) is 0 Å². The van der Waals surface area contributed by atoms with Crippen LogP contribution in [0.15, 0.2) is 12.1 Å². The van der Waals surface area contributed by atoms with Gasteiger partial charge in [-0.25, -0.2) is 13.6 Å². The van der Waals surface area contributed by atoms with Crippen LogP contribution in [0, 0.1) is 21.7 Å². The zero-order valence-electron chi connectivity index (χ0n) is 8.68. The highest BCUT2D eigenvalue weighted by Crippen LogP contribution is 2.21. The lowest BCUT2D eigenvalue weighted by molar-refractivity contribution is -0.385. The second-order valence-corrected chi connectivity index (χ2v) is 3.28. The fraction of sp³-hybridized carbons (Fsp3) is 0.222. The van der Waals surface area contributed by atoms with Crippen molar-refractivity contribution in [2.24, 2.45) is 0 Å². The first-order valence-electron chi connectivity index (χ1n) is 4.39. The summed E-state index contributed by atoms with van der Waals surface area (Å²) in [6.45, 7) is -0.523. The molecule has 0 saturated heterocycles. The Morgan fingerprint density at radius 1 is 1.47 bits per heavy atom. The van der Waals surface area contributed by atoms with Crippen molar-refractivity contribution in [1.29, 1.82) is 0 Å². The number of nitro groups is 1. The molecule has 17 heavy (non-hydrogen) atoms. The minimum atomic E-state index is -1.36. The molecule has 1 rings (SSSR count). The molecule has 0 fully saturated rings. The lowest BCUT2D eigenvalue weighted by Gasteiger charge is -2.13. The number of non-ortho nitro benzene ring substituents is 1. The van der Waals surface area contributed by atoms with Gasteiger partial charge >= 0.3 is 6.09 Å². The monoisotopic (exact) mass is 246 g/mol. The lowest BCUT2D eigenvalue weighted by atomic mass is 10.1. The maximum absolute atomic E-state index is 13.3. The maximum atomic E-state index is 13.3. The van der Waals surface area contributed by atoms with Gasteiger partial charge in [0.2, 0.25) is 0 Å². The van der Waals surface area contributed by atoms with E-state index >= 15 is 0 Å². The number of carbonyl (C=O) groups is 1. The number of hydrogen-bond acceptors (Lipinski definition) is 3. The zero-order valence-corrected chi connectivity index (χ0v) is 8.68. The van der Waals surface area contributed by atoms with E-state index in [4.69, 9.17) is 5.11 Å². The van der Waals surface area contributed by atoms with Crippen molar-refractivity contribution >= 4 is 11.8 Å². The van der Waals surface area contributed by atoms with Crippen molar-refractivity contribution < 1.29 is 23.6 Å². The molecule has 0 aliphatic rings. The first-order chi connectivity index (χ1) is 7.82. The van der Waals surface area contributed by atoms with E-state index in [-0.39, 0.29) is 0 Å². The zero-order chi connectivity index (χ0) is 13.2. The summed E-state index contributed by atoms with van der Waals surface area (Å²) in [5.41, 5.74) is -1.25. The van der Waals surface area contributed by atoms with Crippen LogP contribution in [0.3, 0.4) is 0 Å². The van der Waals surface area contributed by atoms with E-state index in [1.165, 1.54) is 0 Å². The number of nitrogens with zero attached hydrogens (tertiary/aromatic N) is 2. The van der Waals surface area contributed by atoms with Crippen LogP contribution < -0.4 is 0 Å². The summed E-state index contributed by atoms with van der Waals surface area (Å²) in [6.07, 6.45) is -1.36. The molecule has 1 N–H and O–H groups in total. The van der Waals surface area contributed by atoms with E-state index in [0.29, 0.717) is 17.0 Å². The van der Waals surface area contributed by atoms with Crippen LogP contribution in [0.4, 0.5) is 19.3 Å². The Labute approximate surface area is 94.2 Å². The Balaban J connectivity index is 3.10. The third kappa shape index (κ3) is 2.86. The largest absolute Gasteiger partial charge is 0.465 e. The normalized spacial score (nSPS) is 10.1. The van der Waals surface area contributed by atoms with Crippen LogP contribution in [0.25, 0.3) is 0 Å². The summed E-state index contributed by atoms with van der Waals surface area (Å²) in [7, 11) is 1.13. The first kappa shape index (κ1) is 12.8. The number of amides is 1. The Hall–Kier alpha value is -2.25. The minimum absolute atomic E-state index is 0.523. The highest BCUT2D eigenvalue weighted by molar-refractivity contribution is 5.64. The highest BCUT2D eigenvalue weighted by atomic mass is 19.1. The van der Waals surface area contributed by atoms with Gasteiger partial charge in [-0.2, -0.15) is 0 Å². The second kappa shape index (κ2) is 4.73. The molecule has 0 aromatic heterocycles. The van der Waals surface area contributed by atoms with E-state index in [2.05, 4.69) is 0 Å². The molecule has 0 aliphatic carbocycles. The van der Waals surface area contributed by atoms with E-state index < -0.39 is 40.4 Å². The number of halogens is 2. The van der Waals surface area contributed by atoms with Crippen molar-refractivity contribution in [1.82, 2.24) is 4.90 Å². The quantitative estimate of drug-likeness (QED) is 0.652. The van der Waals surface area contributed by atoms with E-state index in [1.807, 2.05) is 0 Å². The maximum Gasteiger partial charge on any atom is 0.407 e. The average molecular weight is 246 g/mol. The number of nitro benzene ring substituents is 1. The molecule has 1 aromatic carbocycles. The number of hydrogen-bond donors (Lipinski definition) is 1. The van der Waals surface area contributed by atoms with Gasteiger partial charge in [-0.3, -0.25) is 10.1 Å². The summed E-state index contributed by atoms with van der Waals surface area (Å²) in [5, 5.41) is 18.9. The van der Waals surface area contributed by atoms with Crippen LogP contribution in [0.2, 0.25) is 0 Å². The standard InChI is InChI=1S/C9H8F2N2O4/c1-12(9(14)15)4-6-7(10)2-5(13(16)17)3-8(6)11/h2-3H,4H2,1H3,(H,14,15). The van der Waals surface area contributed by atoms with Crippen molar-refractivity contribution in [3.05, 3.63) is 39.4 Å². The highest BCUT2D eigenvalue weighted by Gasteiger charge is 2.19. The lowest BCUT2D eigenvalue weighted by Crippen LogP contribution is -2.25. The van der Waals surface area contributed by atoms with Crippen LogP contribution in [0.1, 0.15) is 5.56 Å². The molecule has 6 nitrogen and oxygen atoms in total. The molecule has 0 bridgehead atoms. The van der Waals surface area contributed by atoms with Gasteiger partial charge in [0.25, 0.3) is 5.69 Å². The first-order valence-corrected chi connectivity index (χ1v) is 4.39. The minimum Gasteiger partial charge on any atom is -0.465 e. The molecule has 92 valence electrons. The Bertz CT molecular complexity index is 455. The second-order valence-electron chi connectivity index (χ2n) is 3.28. The summed E-state index contributed by atoms with van der Waals surface area (Å²) >= 11 is 0. The Morgan fingerprint density at radius 3 is 2.29 bits per heavy atom. The predicted octanol–water partition coefficient (Wildman–Crippen LogP) is 1.98. The van der Waals surface area contributed by atoms with Crippen LogP contribution in [-0.4, -0.2) is 28.1 Å². The molecular formula is C9H8F2N2O4. The van der Waals surface area contributed by atoms with Gasteiger partial charge in [-0.05, 0) is 0 Å².